The lowest BCUT2D eigenvalue weighted by molar-refractivity contribution is 0.345. The van der Waals surface area contributed by atoms with Crippen molar-refractivity contribution >= 4 is 0 Å². The zero-order valence-corrected chi connectivity index (χ0v) is 8.75. The summed E-state index contributed by atoms with van der Waals surface area (Å²) < 4.78 is 5.42. The van der Waals surface area contributed by atoms with E-state index in [-0.39, 0.29) is 0 Å². The van der Waals surface area contributed by atoms with E-state index in [4.69, 9.17) is 4.42 Å². The number of piperidine rings is 1. The smallest absolute Gasteiger partial charge is 0.194 e. The molecule has 0 radical (unpaired) electrons. The molecule has 1 aromatic rings. The van der Waals surface area contributed by atoms with E-state index in [2.05, 4.69) is 17.2 Å². The average molecular weight is 194 g/mol. The van der Waals surface area contributed by atoms with Gasteiger partial charge in [0, 0.05) is 6.42 Å². The van der Waals surface area contributed by atoms with Crippen LogP contribution >= 0.6 is 0 Å². The fraction of sp³-hybridized carbons (Fsp3) is 0.727. The van der Waals surface area contributed by atoms with Crippen LogP contribution in [0.25, 0.3) is 0 Å². The van der Waals surface area contributed by atoms with Gasteiger partial charge in [-0.3, -0.25) is 0 Å². The van der Waals surface area contributed by atoms with E-state index in [1.54, 1.807) is 6.26 Å². The van der Waals surface area contributed by atoms with E-state index < -0.39 is 0 Å². The Kier molecular flexibility index (Phi) is 3.19. The Morgan fingerprint density at radius 2 is 2.57 bits per heavy atom. The molecule has 0 amide bonds. The number of oxazole rings is 1. The van der Waals surface area contributed by atoms with E-state index >= 15 is 0 Å². The Balaban J connectivity index is 1.89. The Bertz CT molecular complexity index is 277. The highest BCUT2D eigenvalue weighted by atomic mass is 16.3. The standard InChI is InChI=1S/C11H18N2O/c1-2-10-8-14-11(13-10)6-9-4-3-5-12-7-9/h8-9,12H,2-7H2,1H3. The van der Waals surface area contributed by atoms with Crippen LogP contribution in [0.3, 0.4) is 0 Å². The second-order valence-electron chi connectivity index (χ2n) is 4.00. The molecule has 78 valence electrons. The predicted octanol–water partition coefficient (Wildman–Crippen LogP) is 1.78. The number of nitrogens with one attached hydrogen (secondary N) is 1. The Morgan fingerprint density at radius 3 is 3.21 bits per heavy atom. The molecule has 1 fully saturated rings. The van der Waals surface area contributed by atoms with Crippen molar-refractivity contribution in [2.75, 3.05) is 13.1 Å². The van der Waals surface area contributed by atoms with Crippen molar-refractivity contribution in [1.29, 1.82) is 0 Å². The van der Waals surface area contributed by atoms with Gasteiger partial charge in [-0.1, -0.05) is 6.92 Å². The molecule has 0 saturated carbocycles. The summed E-state index contributed by atoms with van der Waals surface area (Å²) in [5.41, 5.74) is 1.07. The van der Waals surface area contributed by atoms with Crippen LogP contribution in [0.5, 0.6) is 0 Å². The summed E-state index contributed by atoms with van der Waals surface area (Å²) in [6.45, 7) is 4.38. The van der Waals surface area contributed by atoms with Crippen LogP contribution < -0.4 is 5.32 Å². The number of rotatable bonds is 3. The van der Waals surface area contributed by atoms with Crippen LogP contribution in [-0.4, -0.2) is 18.1 Å². The summed E-state index contributed by atoms with van der Waals surface area (Å²) in [7, 11) is 0. The number of hydrogen-bond acceptors (Lipinski definition) is 3. The van der Waals surface area contributed by atoms with Gasteiger partial charge >= 0.3 is 0 Å². The number of hydrogen-bond donors (Lipinski definition) is 1. The highest BCUT2D eigenvalue weighted by Gasteiger charge is 2.15. The fourth-order valence-electron chi connectivity index (χ4n) is 1.95. The summed E-state index contributed by atoms with van der Waals surface area (Å²) >= 11 is 0. The lowest BCUT2D eigenvalue weighted by Gasteiger charge is -2.21. The second-order valence-corrected chi connectivity index (χ2v) is 4.00. The van der Waals surface area contributed by atoms with E-state index in [0.717, 1.165) is 31.0 Å². The van der Waals surface area contributed by atoms with Gasteiger partial charge in [0.2, 0.25) is 0 Å². The van der Waals surface area contributed by atoms with Crippen molar-refractivity contribution < 1.29 is 4.42 Å². The van der Waals surface area contributed by atoms with Gasteiger partial charge in [-0.2, -0.15) is 0 Å². The molecular weight excluding hydrogens is 176 g/mol. The Labute approximate surface area is 84.9 Å². The molecule has 3 nitrogen and oxygen atoms in total. The van der Waals surface area contributed by atoms with Crippen molar-refractivity contribution in [3.8, 4) is 0 Å². The zero-order valence-electron chi connectivity index (χ0n) is 8.75. The summed E-state index contributed by atoms with van der Waals surface area (Å²) in [6, 6.07) is 0. The third-order valence-corrected chi connectivity index (χ3v) is 2.82. The van der Waals surface area contributed by atoms with Gasteiger partial charge in [0.05, 0.1) is 5.69 Å². The van der Waals surface area contributed by atoms with Crippen LogP contribution in [0, 0.1) is 5.92 Å². The second kappa shape index (κ2) is 4.60. The Hall–Kier alpha value is -0.830. The van der Waals surface area contributed by atoms with E-state index in [1.807, 2.05) is 0 Å². The number of nitrogens with zero attached hydrogens (tertiary/aromatic N) is 1. The molecular formula is C11H18N2O. The minimum atomic E-state index is 0.715. The summed E-state index contributed by atoms with van der Waals surface area (Å²) in [6.07, 6.45) is 6.33. The SMILES string of the molecule is CCc1coc(CC2CCCNC2)n1. The minimum absolute atomic E-state index is 0.715. The molecule has 2 rings (SSSR count). The number of aromatic nitrogens is 1. The summed E-state index contributed by atoms with van der Waals surface area (Å²) in [4.78, 5) is 4.43. The Morgan fingerprint density at radius 1 is 1.64 bits per heavy atom. The monoisotopic (exact) mass is 194 g/mol. The summed E-state index contributed by atoms with van der Waals surface area (Å²) in [5, 5.41) is 3.41. The van der Waals surface area contributed by atoms with E-state index in [9.17, 15) is 0 Å². The molecule has 1 aliphatic rings. The van der Waals surface area contributed by atoms with Crippen LogP contribution in [0.4, 0.5) is 0 Å². The number of aryl methyl sites for hydroxylation is 1. The van der Waals surface area contributed by atoms with Gasteiger partial charge in [-0.25, -0.2) is 4.98 Å². The van der Waals surface area contributed by atoms with E-state index in [0.29, 0.717) is 5.92 Å². The maximum Gasteiger partial charge on any atom is 0.194 e. The largest absolute Gasteiger partial charge is 0.449 e. The van der Waals surface area contributed by atoms with Gasteiger partial charge < -0.3 is 9.73 Å². The molecule has 0 aromatic carbocycles. The molecule has 0 aliphatic carbocycles. The van der Waals surface area contributed by atoms with Crippen LogP contribution in [0.2, 0.25) is 0 Å². The molecule has 0 spiro atoms. The molecule has 1 saturated heterocycles. The molecule has 0 bridgehead atoms. The molecule has 1 N–H and O–H groups in total. The van der Waals surface area contributed by atoms with Crippen molar-refractivity contribution in [1.82, 2.24) is 10.3 Å². The van der Waals surface area contributed by atoms with Gasteiger partial charge in [0.1, 0.15) is 6.26 Å². The first kappa shape index (κ1) is 9.71. The third kappa shape index (κ3) is 2.35. The fourth-order valence-corrected chi connectivity index (χ4v) is 1.95. The van der Waals surface area contributed by atoms with Crippen molar-refractivity contribution in [3.05, 3.63) is 17.8 Å². The lowest BCUT2D eigenvalue weighted by atomic mass is 9.96. The predicted molar refractivity (Wildman–Crippen MR) is 55.2 cm³/mol. The normalized spacial score (nSPS) is 22.5. The zero-order chi connectivity index (χ0) is 9.80. The quantitative estimate of drug-likeness (QED) is 0.797. The highest BCUT2D eigenvalue weighted by molar-refractivity contribution is 4.97. The van der Waals surface area contributed by atoms with Crippen molar-refractivity contribution in [3.63, 3.8) is 0 Å². The lowest BCUT2D eigenvalue weighted by Crippen LogP contribution is -2.30. The molecule has 1 atom stereocenters. The van der Waals surface area contributed by atoms with Crippen molar-refractivity contribution in [2.24, 2.45) is 5.92 Å². The van der Waals surface area contributed by atoms with Crippen LogP contribution in [0.15, 0.2) is 10.7 Å². The molecule has 1 aliphatic heterocycles. The maximum atomic E-state index is 5.42. The molecule has 1 unspecified atom stereocenters. The maximum absolute atomic E-state index is 5.42. The average Bonchev–Trinajstić information content (AvgIpc) is 2.67. The van der Waals surface area contributed by atoms with Crippen LogP contribution in [-0.2, 0) is 12.8 Å². The van der Waals surface area contributed by atoms with Crippen LogP contribution in [0.1, 0.15) is 31.4 Å². The third-order valence-electron chi connectivity index (χ3n) is 2.82. The summed E-state index contributed by atoms with van der Waals surface area (Å²) in [5.74, 6) is 1.63. The molecule has 2 heterocycles. The van der Waals surface area contributed by atoms with Gasteiger partial charge in [0.15, 0.2) is 5.89 Å². The highest BCUT2D eigenvalue weighted by Crippen LogP contribution is 2.16. The van der Waals surface area contributed by atoms with Gasteiger partial charge in [0.25, 0.3) is 0 Å². The van der Waals surface area contributed by atoms with Gasteiger partial charge in [-0.15, -0.1) is 0 Å². The molecule has 1 aromatic heterocycles. The van der Waals surface area contributed by atoms with Crippen molar-refractivity contribution in [2.45, 2.75) is 32.6 Å². The first-order valence-electron chi connectivity index (χ1n) is 5.52. The van der Waals surface area contributed by atoms with E-state index in [1.165, 1.54) is 19.4 Å². The first-order chi connectivity index (χ1) is 6.88. The molecule has 3 heteroatoms. The topological polar surface area (TPSA) is 38.1 Å². The van der Waals surface area contributed by atoms with Gasteiger partial charge in [-0.05, 0) is 38.3 Å². The minimum Gasteiger partial charge on any atom is -0.449 e. The molecule has 14 heavy (non-hydrogen) atoms. The first-order valence-corrected chi connectivity index (χ1v) is 5.52.